The van der Waals surface area contributed by atoms with Crippen LogP contribution in [0, 0.1) is 11.3 Å². The fourth-order valence-corrected chi connectivity index (χ4v) is 5.30. The molecule has 0 aliphatic carbocycles. The monoisotopic (exact) mass is 583 g/mol. The summed E-state index contributed by atoms with van der Waals surface area (Å²) in [6, 6.07) is 41.3. The Bertz CT molecular complexity index is 1840. The van der Waals surface area contributed by atoms with Gasteiger partial charge in [-0.1, -0.05) is 103 Å². The van der Waals surface area contributed by atoms with Gasteiger partial charge in [0.1, 0.15) is 24.4 Å². The summed E-state index contributed by atoms with van der Waals surface area (Å²) in [5.74, 6) is 0. The molecular formula is C37H33N3O4. The van der Waals surface area contributed by atoms with Crippen LogP contribution in [0.5, 0.6) is 0 Å². The Kier molecular flexibility index (Phi) is 9.36. The number of hydrogen-bond donors (Lipinski definition) is 1. The zero-order valence-electron chi connectivity index (χ0n) is 24.2. The first-order chi connectivity index (χ1) is 21.7. The van der Waals surface area contributed by atoms with Gasteiger partial charge in [0, 0.05) is 11.8 Å². The van der Waals surface area contributed by atoms with E-state index in [0.717, 1.165) is 27.7 Å². The number of imidazole rings is 1. The van der Waals surface area contributed by atoms with Gasteiger partial charge < -0.3 is 19.3 Å². The highest BCUT2D eigenvalue weighted by atomic mass is 16.6. The van der Waals surface area contributed by atoms with Crippen molar-refractivity contribution < 1.29 is 19.3 Å². The average molecular weight is 584 g/mol. The summed E-state index contributed by atoms with van der Waals surface area (Å²) in [5, 5.41) is 21.8. The van der Waals surface area contributed by atoms with E-state index in [1.54, 1.807) is 6.07 Å². The summed E-state index contributed by atoms with van der Waals surface area (Å²) in [4.78, 5) is 4.70. The number of para-hydroxylation sites is 2. The van der Waals surface area contributed by atoms with E-state index >= 15 is 0 Å². The smallest absolute Gasteiger partial charge is 0.155 e. The highest BCUT2D eigenvalue weighted by Gasteiger charge is 2.33. The fourth-order valence-electron chi connectivity index (χ4n) is 5.30. The van der Waals surface area contributed by atoms with Crippen molar-refractivity contribution >= 4 is 16.7 Å². The first-order valence-electron chi connectivity index (χ1n) is 14.6. The topological polar surface area (TPSA) is 89.0 Å². The Balaban J connectivity index is 1.37. The molecule has 220 valence electrons. The SMILES string of the molecule is N#Cc1cc([C@@H](OCc2ccccc2)[C@H](OCc2ccccc2)[C@H](O)COCc2ccccc2)cn2c1nc1ccccc12. The van der Waals surface area contributed by atoms with E-state index in [-0.39, 0.29) is 19.8 Å². The fraction of sp³-hybridized carbons (Fsp3) is 0.189. The van der Waals surface area contributed by atoms with E-state index in [4.69, 9.17) is 19.2 Å². The Morgan fingerprint density at radius 2 is 1.30 bits per heavy atom. The summed E-state index contributed by atoms with van der Waals surface area (Å²) in [7, 11) is 0. The van der Waals surface area contributed by atoms with Gasteiger partial charge in [0.25, 0.3) is 0 Å². The largest absolute Gasteiger partial charge is 0.388 e. The second-order valence-corrected chi connectivity index (χ2v) is 10.6. The van der Waals surface area contributed by atoms with Gasteiger partial charge in [0.15, 0.2) is 5.65 Å². The molecule has 0 saturated carbocycles. The van der Waals surface area contributed by atoms with E-state index in [1.165, 1.54) is 0 Å². The molecule has 6 aromatic rings. The maximum absolute atomic E-state index is 11.7. The third kappa shape index (κ3) is 6.86. The number of hydrogen-bond acceptors (Lipinski definition) is 6. The third-order valence-corrected chi connectivity index (χ3v) is 7.51. The molecule has 0 radical (unpaired) electrons. The normalized spacial score (nSPS) is 13.5. The van der Waals surface area contributed by atoms with E-state index in [9.17, 15) is 10.4 Å². The molecule has 7 nitrogen and oxygen atoms in total. The molecule has 3 atom stereocenters. The maximum Gasteiger partial charge on any atom is 0.155 e. The summed E-state index contributed by atoms with van der Waals surface area (Å²) in [6.07, 6.45) is -0.679. The van der Waals surface area contributed by atoms with Crippen LogP contribution in [0.1, 0.15) is 33.9 Å². The molecule has 2 heterocycles. The number of benzene rings is 4. The summed E-state index contributed by atoms with van der Waals surface area (Å²) in [5.41, 5.74) is 6.26. The van der Waals surface area contributed by atoms with Crippen molar-refractivity contribution in [1.82, 2.24) is 9.38 Å². The van der Waals surface area contributed by atoms with Crippen molar-refractivity contribution in [2.24, 2.45) is 0 Å². The molecule has 0 saturated heterocycles. The number of fused-ring (bicyclic) bond motifs is 3. The first-order valence-corrected chi connectivity index (χ1v) is 14.6. The van der Waals surface area contributed by atoms with Gasteiger partial charge in [0.2, 0.25) is 0 Å². The molecule has 0 bridgehead atoms. The van der Waals surface area contributed by atoms with Crippen LogP contribution >= 0.6 is 0 Å². The highest BCUT2D eigenvalue weighted by Crippen LogP contribution is 2.31. The summed E-state index contributed by atoms with van der Waals surface area (Å²) < 4.78 is 21.0. The molecule has 6 rings (SSSR count). The lowest BCUT2D eigenvalue weighted by Gasteiger charge is -2.32. The molecular weight excluding hydrogens is 550 g/mol. The molecule has 1 N–H and O–H groups in total. The number of rotatable bonds is 13. The standard InChI is InChI=1S/C37H33N3O4/c38-21-30-20-31(22-40-33-19-11-10-18-32(33)39-37(30)40)35(43-24-28-14-6-2-7-15-28)36(44-25-29-16-8-3-9-17-29)34(41)26-42-23-27-12-4-1-5-13-27/h1-20,22,34-36,41H,23-26H2/t34-,35-,36-/m1/s1. The van der Waals surface area contributed by atoms with E-state index in [0.29, 0.717) is 23.4 Å². The van der Waals surface area contributed by atoms with Crippen molar-refractivity contribution in [3.63, 3.8) is 0 Å². The van der Waals surface area contributed by atoms with Gasteiger partial charge in [0.05, 0.1) is 43.0 Å². The van der Waals surface area contributed by atoms with Crippen LogP contribution in [-0.4, -0.2) is 33.3 Å². The lowest BCUT2D eigenvalue weighted by molar-refractivity contribution is -0.150. The van der Waals surface area contributed by atoms with Crippen LogP contribution in [-0.2, 0) is 34.0 Å². The van der Waals surface area contributed by atoms with Crippen molar-refractivity contribution in [1.29, 1.82) is 5.26 Å². The first kappa shape index (κ1) is 29.2. The Morgan fingerprint density at radius 3 is 1.93 bits per heavy atom. The molecule has 7 heteroatoms. The molecule has 44 heavy (non-hydrogen) atoms. The molecule has 0 spiro atoms. The Labute approximate surface area is 256 Å². The number of nitrogens with zero attached hydrogens (tertiary/aromatic N) is 3. The van der Waals surface area contributed by atoms with Crippen molar-refractivity contribution in [3.8, 4) is 6.07 Å². The van der Waals surface area contributed by atoms with E-state index < -0.39 is 18.3 Å². The van der Waals surface area contributed by atoms with Crippen LogP contribution in [0.15, 0.2) is 128 Å². The van der Waals surface area contributed by atoms with Crippen molar-refractivity contribution in [2.45, 2.75) is 38.1 Å². The van der Waals surface area contributed by atoms with Crippen LogP contribution in [0.2, 0.25) is 0 Å². The van der Waals surface area contributed by atoms with Gasteiger partial charge >= 0.3 is 0 Å². The van der Waals surface area contributed by atoms with Crippen LogP contribution in [0.25, 0.3) is 16.7 Å². The predicted octanol–water partition coefficient (Wildman–Crippen LogP) is 6.78. The molecule has 0 unspecified atom stereocenters. The Hall–Kier alpha value is -4.84. The lowest BCUT2D eigenvalue weighted by Crippen LogP contribution is -2.39. The highest BCUT2D eigenvalue weighted by molar-refractivity contribution is 5.82. The average Bonchev–Trinajstić information content (AvgIpc) is 3.46. The van der Waals surface area contributed by atoms with Crippen LogP contribution in [0.4, 0.5) is 0 Å². The predicted molar refractivity (Wildman–Crippen MR) is 169 cm³/mol. The number of aliphatic hydroxyl groups is 1. The summed E-state index contributed by atoms with van der Waals surface area (Å²) in [6.45, 7) is 0.915. The van der Waals surface area contributed by atoms with Gasteiger partial charge in [-0.25, -0.2) is 4.98 Å². The minimum atomic E-state index is -1.04. The zero-order valence-corrected chi connectivity index (χ0v) is 24.2. The maximum atomic E-state index is 11.7. The summed E-state index contributed by atoms with van der Waals surface area (Å²) >= 11 is 0. The lowest BCUT2D eigenvalue weighted by atomic mass is 9.99. The molecule has 2 aromatic heterocycles. The Morgan fingerprint density at radius 1 is 0.727 bits per heavy atom. The second kappa shape index (κ2) is 14.1. The molecule has 0 fully saturated rings. The number of ether oxygens (including phenoxy) is 3. The third-order valence-electron chi connectivity index (χ3n) is 7.51. The van der Waals surface area contributed by atoms with Crippen molar-refractivity contribution in [2.75, 3.05) is 6.61 Å². The minimum Gasteiger partial charge on any atom is -0.388 e. The number of aromatic nitrogens is 2. The molecule has 4 aromatic carbocycles. The molecule has 0 aliphatic rings. The zero-order chi connectivity index (χ0) is 30.1. The van der Waals surface area contributed by atoms with Crippen LogP contribution in [0.3, 0.4) is 0 Å². The van der Waals surface area contributed by atoms with Gasteiger partial charge in [-0.05, 0) is 34.9 Å². The number of aliphatic hydroxyl groups excluding tert-OH is 1. The quantitative estimate of drug-likeness (QED) is 0.161. The second-order valence-electron chi connectivity index (χ2n) is 10.6. The van der Waals surface area contributed by atoms with E-state index in [2.05, 4.69) is 6.07 Å². The number of nitriles is 1. The minimum absolute atomic E-state index is 0.0287. The van der Waals surface area contributed by atoms with Gasteiger partial charge in [-0.2, -0.15) is 5.26 Å². The van der Waals surface area contributed by atoms with Gasteiger partial charge in [-0.15, -0.1) is 0 Å². The number of pyridine rings is 1. The van der Waals surface area contributed by atoms with E-state index in [1.807, 2.05) is 126 Å². The van der Waals surface area contributed by atoms with Crippen molar-refractivity contribution in [3.05, 3.63) is 155 Å². The molecule has 0 aliphatic heterocycles. The van der Waals surface area contributed by atoms with Crippen LogP contribution < -0.4 is 0 Å². The van der Waals surface area contributed by atoms with Gasteiger partial charge in [-0.3, -0.25) is 4.40 Å². The molecule has 0 amide bonds.